The molecule has 1 aliphatic rings. The minimum atomic E-state index is -0.428. The average molecular weight is 252 g/mol. The molecule has 0 amide bonds. The van der Waals surface area contributed by atoms with Gasteiger partial charge >= 0.3 is 0 Å². The molecule has 1 aromatic heterocycles. The van der Waals surface area contributed by atoms with E-state index in [1.165, 1.54) is 12.1 Å². The van der Waals surface area contributed by atoms with Gasteiger partial charge in [-0.3, -0.25) is 10.1 Å². The van der Waals surface area contributed by atoms with Crippen LogP contribution in [0.4, 0.5) is 17.3 Å². The Hall–Kier alpha value is -1.89. The molecule has 1 aromatic rings. The van der Waals surface area contributed by atoms with Crippen LogP contribution in [-0.2, 0) is 4.74 Å². The van der Waals surface area contributed by atoms with Crippen LogP contribution in [0.5, 0.6) is 0 Å². The van der Waals surface area contributed by atoms with Crippen molar-refractivity contribution < 1.29 is 9.66 Å². The number of nitrogens with one attached hydrogen (secondary N) is 2. The summed E-state index contributed by atoms with van der Waals surface area (Å²) in [6.07, 6.45) is 0.963. The molecule has 2 heterocycles. The third-order valence-electron chi connectivity index (χ3n) is 2.99. The molecule has 1 fully saturated rings. The molecule has 18 heavy (non-hydrogen) atoms. The van der Waals surface area contributed by atoms with E-state index in [4.69, 9.17) is 4.74 Å². The summed E-state index contributed by atoms with van der Waals surface area (Å²) in [7, 11) is 1.68. The van der Waals surface area contributed by atoms with Gasteiger partial charge in [-0.25, -0.2) is 4.98 Å². The van der Waals surface area contributed by atoms with Crippen molar-refractivity contribution in [1.29, 1.82) is 0 Å². The highest BCUT2D eigenvalue weighted by atomic mass is 16.6. The number of hydrogen-bond donors (Lipinski definition) is 2. The van der Waals surface area contributed by atoms with Crippen LogP contribution in [0.2, 0.25) is 0 Å². The minimum absolute atomic E-state index is 0.0171. The number of rotatable bonds is 4. The fourth-order valence-electron chi connectivity index (χ4n) is 1.93. The zero-order valence-corrected chi connectivity index (χ0v) is 10.3. The lowest BCUT2D eigenvalue weighted by Gasteiger charge is -2.16. The third-order valence-corrected chi connectivity index (χ3v) is 2.99. The lowest BCUT2D eigenvalue weighted by Crippen LogP contribution is -2.27. The fourth-order valence-corrected chi connectivity index (χ4v) is 1.93. The Labute approximate surface area is 105 Å². The zero-order valence-electron chi connectivity index (χ0n) is 10.3. The standard InChI is InChI=1S/C11H16N4O3/c1-7-9(3-4-18-7)13-11-6-8(15(16)17)5-10(12-2)14-11/h5-7,9H,3-4H2,1-2H3,(H2,12,13,14). The van der Waals surface area contributed by atoms with Gasteiger partial charge in [-0.1, -0.05) is 0 Å². The molecule has 2 unspecified atom stereocenters. The summed E-state index contributed by atoms with van der Waals surface area (Å²) in [6.45, 7) is 2.67. The monoisotopic (exact) mass is 252 g/mol. The minimum Gasteiger partial charge on any atom is -0.376 e. The van der Waals surface area contributed by atoms with Crippen LogP contribution in [0.15, 0.2) is 12.1 Å². The second-order valence-electron chi connectivity index (χ2n) is 4.22. The molecule has 7 heteroatoms. The highest BCUT2D eigenvalue weighted by molar-refractivity contribution is 5.54. The van der Waals surface area contributed by atoms with Crippen molar-refractivity contribution in [1.82, 2.24) is 4.98 Å². The molecule has 0 radical (unpaired) electrons. The van der Waals surface area contributed by atoms with Gasteiger partial charge in [-0.2, -0.15) is 0 Å². The second-order valence-corrected chi connectivity index (χ2v) is 4.22. The van der Waals surface area contributed by atoms with Crippen molar-refractivity contribution >= 4 is 17.3 Å². The van der Waals surface area contributed by atoms with E-state index in [1.807, 2.05) is 6.92 Å². The normalized spacial score (nSPS) is 22.8. The molecule has 7 nitrogen and oxygen atoms in total. The maximum absolute atomic E-state index is 10.8. The predicted octanol–water partition coefficient (Wildman–Crippen LogP) is 1.62. The SMILES string of the molecule is CNc1cc([N+](=O)[O-])cc(NC2CCOC2C)n1. The molecule has 0 spiro atoms. The van der Waals surface area contributed by atoms with Crippen molar-refractivity contribution in [3.63, 3.8) is 0 Å². The molecule has 2 N–H and O–H groups in total. The van der Waals surface area contributed by atoms with Crippen molar-refractivity contribution in [3.05, 3.63) is 22.2 Å². The zero-order chi connectivity index (χ0) is 13.1. The predicted molar refractivity (Wildman–Crippen MR) is 67.9 cm³/mol. The Balaban J connectivity index is 2.21. The van der Waals surface area contributed by atoms with Crippen LogP contribution in [0.3, 0.4) is 0 Å². The van der Waals surface area contributed by atoms with Gasteiger partial charge in [-0.05, 0) is 13.3 Å². The highest BCUT2D eigenvalue weighted by Gasteiger charge is 2.25. The molecule has 2 rings (SSSR count). The van der Waals surface area contributed by atoms with Gasteiger partial charge in [0.15, 0.2) is 0 Å². The molecule has 1 aliphatic heterocycles. The smallest absolute Gasteiger partial charge is 0.276 e. The quantitative estimate of drug-likeness (QED) is 0.625. The molecule has 0 bridgehead atoms. The van der Waals surface area contributed by atoms with Crippen LogP contribution in [-0.4, -0.2) is 35.7 Å². The molecule has 0 saturated carbocycles. The van der Waals surface area contributed by atoms with E-state index in [1.54, 1.807) is 7.05 Å². The van der Waals surface area contributed by atoms with Gasteiger partial charge in [-0.15, -0.1) is 0 Å². The van der Waals surface area contributed by atoms with Crippen LogP contribution in [0, 0.1) is 10.1 Å². The highest BCUT2D eigenvalue weighted by Crippen LogP contribution is 2.23. The average Bonchev–Trinajstić information content (AvgIpc) is 2.74. The summed E-state index contributed by atoms with van der Waals surface area (Å²) in [6, 6.07) is 2.98. The number of anilines is 2. The molecule has 0 aliphatic carbocycles. The number of nitro groups is 1. The number of ether oxygens (including phenoxy) is 1. The molecule has 0 aromatic carbocycles. The maximum Gasteiger partial charge on any atom is 0.276 e. The van der Waals surface area contributed by atoms with Crippen molar-refractivity contribution in [3.8, 4) is 0 Å². The van der Waals surface area contributed by atoms with Gasteiger partial charge in [0, 0.05) is 13.7 Å². The first-order valence-corrected chi connectivity index (χ1v) is 5.82. The summed E-state index contributed by atoms with van der Waals surface area (Å²) in [4.78, 5) is 14.6. The number of pyridine rings is 1. The summed E-state index contributed by atoms with van der Waals surface area (Å²) in [5.41, 5.74) is 0.0171. The molecular formula is C11H16N4O3. The van der Waals surface area contributed by atoms with Crippen LogP contribution >= 0.6 is 0 Å². The van der Waals surface area contributed by atoms with Gasteiger partial charge in [0.25, 0.3) is 5.69 Å². The van der Waals surface area contributed by atoms with E-state index in [-0.39, 0.29) is 17.8 Å². The Morgan fingerprint density at radius 1 is 1.50 bits per heavy atom. The molecule has 98 valence electrons. The van der Waals surface area contributed by atoms with Gasteiger partial charge in [0.1, 0.15) is 11.6 Å². The van der Waals surface area contributed by atoms with Crippen LogP contribution in [0.1, 0.15) is 13.3 Å². The van der Waals surface area contributed by atoms with Crippen LogP contribution < -0.4 is 10.6 Å². The van der Waals surface area contributed by atoms with Crippen molar-refractivity contribution in [2.75, 3.05) is 24.3 Å². The maximum atomic E-state index is 10.8. The lowest BCUT2D eigenvalue weighted by atomic mass is 10.1. The lowest BCUT2D eigenvalue weighted by molar-refractivity contribution is -0.384. The first kappa shape index (κ1) is 12.6. The van der Waals surface area contributed by atoms with E-state index >= 15 is 0 Å². The summed E-state index contributed by atoms with van der Waals surface area (Å²) < 4.78 is 5.43. The number of nitrogens with zero attached hydrogens (tertiary/aromatic N) is 2. The summed E-state index contributed by atoms with van der Waals surface area (Å²) in [5, 5.41) is 16.8. The summed E-state index contributed by atoms with van der Waals surface area (Å²) >= 11 is 0. The third kappa shape index (κ3) is 2.67. The van der Waals surface area contributed by atoms with E-state index in [0.29, 0.717) is 18.2 Å². The second kappa shape index (κ2) is 5.18. The van der Waals surface area contributed by atoms with Gasteiger partial charge in [0.05, 0.1) is 29.2 Å². The molecule has 1 saturated heterocycles. The van der Waals surface area contributed by atoms with Gasteiger partial charge in [0.2, 0.25) is 0 Å². The van der Waals surface area contributed by atoms with E-state index < -0.39 is 4.92 Å². The summed E-state index contributed by atoms with van der Waals surface area (Å²) in [5.74, 6) is 0.967. The number of hydrogen-bond acceptors (Lipinski definition) is 6. The Morgan fingerprint density at radius 2 is 2.22 bits per heavy atom. The fraction of sp³-hybridized carbons (Fsp3) is 0.545. The topological polar surface area (TPSA) is 89.3 Å². The largest absolute Gasteiger partial charge is 0.376 e. The van der Waals surface area contributed by atoms with E-state index in [9.17, 15) is 10.1 Å². The van der Waals surface area contributed by atoms with E-state index in [0.717, 1.165) is 6.42 Å². The Kier molecular flexibility index (Phi) is 3.61. The molecular weight excluding hydrogens is 236 g/mol. The first-order chi connectivity index (χ1) is 8.60. The molecule has 2 atom stereocenters. The number of aromatic nitrogens is 1. The first-order valence-electron chi connectivity index (χ1n) is 5.82. The van der Waals surface area contributed by atoms with Crippen molar-refractivity contribution in [2.45, 2.75) is 25.5 Å². The Morgan fingerprint density at radius 3 is 2.78 bits per heavy atom. The Bertz CT molecular complexity index is 452. The van der Waals surface area contributed by atoms with E-state index in [2.05, 4.69) is 15.6 Å². The van der Waals surface area contributed by atoms with Gasteiger partial charge < -0.3 is 15.4 Å². The van der Waals surface area contributed by atoms with Crippen LogP contribution in [0.25, 0.3) is 0 Å². The van der Waals surface area contributed by atoms with Crippen molar-refractivity contribution in [2.24, 2.45) is 0 Å².